The molecule has 0 aliphatic carbocycles. The Balaban J connectivity index is 1.54. The minimum Gasteiger partial charge on any atom is -0.475 e. The van der Waals surface area contributed by atoms with Gasteiger partial charge < -0.3 is 20.2 Å². The topological polar surface area (TPSA) is 130 Å². The molecule has 0 radical (unpaired) electrons. The Kier molecular flexibility index (Phi) is 5.80. The normalized spacial score (nSPS) is 11.8. The summed E-state index contributed by atoms with van der Waals surface area (Å²) in [6, 6.07) is 12.2. The number of rotatable bonds is 7. The SMILES string of the molecule is CNC(=O)c1ccnc2c([C@H](C)CNc3cc(-c4ccc(C(=O)O)o4)ncn3)cccc12. The first-order valence-electron chi connectivity index (χ1n) is 9.97. The number of hydrogen-bond acceptors (Lipinski definition) is 7. The quantitative estimate of drug-likeness (QED) is 0.405. The van der Waals surface area contributed by atoms with Crippen LogP contribution in [0.5, 0.6) is 0 Å². The Morgan fingerprint density at radius 2 is 1.97 bits per heavy atom. The van der Waals surface area contributed by atoms with Crippen LogP contribution in [0.25, 0.3) is 22.4 Å². The fourth-order valence-corrected chi connectivity index (χ4v) is 3.48. The van der Waals surface area contributed by atoms with Gasteiger partial charge in [0.15, 0.2) is 5.76 Å². The van der Waals surface area contributed by atoms with Crippen molar-refractivity contribution in [3.8, 4) is 11.5 Å². The fraction of sp³-hybridized carbons (Fsp3) is 0.174. The van der Waals surface area contributed by atoms with Crippen molar-refractivity contribution in [3.63, 3.8) is 0 Å². The summed E-state index contributed by atoms with van der Waals surface area (Å²) in [7, 11) is 1.60. The third kappa shape index (κ3) is 4.13. The summed E-state index contributed by atoms with van der Waals surface area (Å²) in [5.41, 5.74) is 2.85. The van der Waals surface area contributed by atoms with E-state index in [2.05, 4.69) is 32.5 Å². The Bertz CT molecular complexity index is 1300. The largest absolute Gasteiger partial charge is 0.475 e. The van der Waals surface area contributed by atoms with E-state index >= 15 is 0 Å². The third-order valence-corrected chi connectivity index (χ3v) is 5.13. The lowest BCUT2D eigenvalue weighted by Crippen LogP contribution is -2.18. The van der Waals surface area contributed by atoms with Crippen LogP contribution in [0.4, 0.5) is 5.82 Å². The molecular formula is C23H21N5O4. The lowest BCUT2D eigenvalue weighted by Gasteiger charge is -2.16. The van der Waals surface area contributed by atoms with Crippen molar-refractivity contribution in [1.29, 1.82) is 0 Å². The number of para-hydroxylation sites is 1. The lowest BCUT2D eigenvalue weighted by atomic mass is 9.96. The molecule has 3 heterocycles. The predicted octanol–water partition coefficient (Wildman–Crippen LogP) is 3.56. The molecule has 0 fully saturated rings. The number of carboxylic acid groups (broad SMARTS) is 1. The fourth-order valence-electron chi connectivity index (χ4n) is 3.48. The van der Waals surface area contributed by atoms with Crippen molar-refractivity contribution in [1.82, 2.24) is 20.3 Å². The number of carboxylic acids is 1. The van der Waals surface area contributed by atoms with Gasteiger partial charge in [-0.1, -0.05) is 25.1 Å². The maximum atomic E-state index is 12.2. The zero-order chi connectivity index (χ0) is 22.7. The molecule has 32 heavy (non-hydrogen) atoms. The molecule has 3 aromatic heterocycles. The Morgan fingerprint density at radius 3 is 2.72 bits per heavy atom. The molecular weight excluding hydrogens is 410 g/mol. The van der Waals surface area contributed by atoms with Gasteiger partial charge in [-0.3, -0.25) is 9.78 Å². The van der Waals surface area contributed by atoms with Crippen LogP contribution in [-0.2, 0) is 0 Å². The van der Waals surface area contributed by atoms with Crippen molar-refractivity contribution in [2.75, 3.05) is 18.9 Å². The summed E-state index contributed by atoms with van der Waals surface area (Å²) >= 11 is 0. The molecule has 1 aromatic carbocycles. The van der Waals surface area contributed by atoms with Gasteiger partial charge in [-0.15, -0.1) is 0 Å². The molecule has 0 aliphatic rings. The van der Waals surface area contributed by atoms with Gasteiger partial charge in [-0.05, 0) is 23.8 Å². The van der Waals surface area contributed by atoms with Gasteiger partial charge in [0, 0.05) is 37.2 Å². The molecule has 0 aliphatic heterocycles. The first kappa shape index (κ1) is 21.0. The van der Waals surface area contributed by atoms with Crippen LogP contribution in [0.1, 0.15) is 39.3 Å². The molecule has 3 N–H and O–H groups in total. The van der Waals surface area contributed by atoms with Crippen molar-refractivity contribution < 1.29 is 19.1 Å². The average molecular weight is 431 g/mol. The van der Waals surface area contributed by atoms with E-state index in [0.29, 0.717) is 29.4 Å². The maximum absolute atomic E-state index is 12.2. The summed E-state index contributed by atoms with van der Waals surface area (Å²) in [4.78, 5) is 36.1. The monoisotopic (exact) mass is 431 g/mol. The van der Waals surface area contributed by atoms with Crippen LogP contribution < -0.4 is 10.6 Å². The average Bonchev–Trinajstić information content (AvgIpc) is 3.32. The molecule has 4 rings (SSSR count). The van der Waals surface area contributed by atoms with Gasteiger partial charge in [0.2, 0.25) is 5.76 Å². The first-order chi connectivity index (χ1) is 15.5. The number of aromatic nitrogens is 3. The van der Waals surface area contributed by atoms with Gasteiger partial charge in [0.25, 0.3) is 5.91 Å². The summed E-state index contributed by atoms with van der Waals surface area (Å²) in [5.74, 6) is -0.457. The minimum atomic E-state index is -1.14. The van der Waals surface area contributed by atoms with Crippen molar-refractivity contribution in [2.45, 2.75) is 12.8 Å². The van der Waals surface area contributed by atoms with Crippen LogP contribution in [-0.4, -0.2) is 45.5 Å². The highest BCUT2D eigenvalue weighted by molar-refractivity contribution is 6.06. The van der Waals surface area contributed by atoms with Gasteiger partial charge in [-0.2, -0.15) is 0 Å². The van der Waals surface area contributed by atoms with Crippen LogP contribution in [0.3, 0.4) is 0 Å². The second-order valence-corrected chi connectivity index (χ2v) is 7.22. The molecule has 1 amide bonds. The lowest BCUT2D eigenvalue weighted by molar-refractivity contribution is 0.0663. The van der Waals surface area contributed by atoms with Gasteiger partial charge in [0.05, 0.1) is 11.1 Å². The summed E-state index contributed by atoms with van der Waals surface area (Å²) in [6.07, 6.45) is 3.03. The van der Waals surface area contributed by atoms with Crippen molar-refractivity contribution in [2.24, 2.45) is 0 Å². The zero-order valence-electron chi connectivity index (χ0n) is 17.5. The van der Waals surface area contributed by atoms with E-state index in [0.717, 1.165) is 16.5 Å². The number of aromatic carboxylic acids is 1. The number of carbonyl (C=O) groups is 2. The number of amides is 1. The third-order valence-electron chi connectivity index (χ3n) is 5.13. The standard InChI is InChI=1S/C23H21N5O4/c1-13(14-4-3-5-15-16(22(29)24-2)8-9-25-21(14)15)11-26-20-10-17(27-12-28-20)18-6-7-19(32-18)23(30)31/h3-10,12-13H,11H2,1-2H3,(H,24,29)(H,30,31)(H,26,27,28)/t13-/m1/s1. The van der Waals surface area contributed by atoms with E-state index in [1.807, 2.05) is 18.2 Å². The highest BCUT2D eigenvalue weighted by Crippen LogP contribution is 2.27. The summed E-state index contributed by atoms with van der Waals surface area (Å²) < 4.78 is 5.31. The highest BCUT2D eigenvalue weighted by Gasteiger charge is 2.16. The maximum Gasteiger partial charge on any atom is 0.371 e. The molecule has 0 saturated carbocycles. The molecule has 0 bridgehead atoms. The Labute approximate surface area is 183 Å². The molecule has 4 aromatic rings. The summed E-state index contributed by atoms with van der Waals surface area (Å²) in [6.45, 7) is 2.61. The van der Waals surface area contributed by atoms with E-state index in [4.69, 9.17) is 9.52 Å². The number of furan rings is 1. The number of anilines is 1. The summed E-state index contributed by atoms with van der Waals surface area (Å²) in [5, 5.41) is 15.8. The predicted molar refractivity (Wildman–Crippen MR) is 119 cm³/mol. The second kappa shape index (κ2) is 8.84. The second-order valence-electron chi connectivity index (χ2n) is 7.22. The number of fused-ring (bicyclic) bond motifs is 1. The first-order valence-corrected chi connectivity index (χ1v) is 9.97. The number of hydrogen-bond donors (Lipinski definition) is 3. The van der Waals surface area contributed by atoms with Crippen LogP contribution in [0.2, 0.25) is 0 Å². The molecule has 0 unspecified atom stereocenters. The number of nitrogens with one attached hydrogen (secondary N) is 2. The molecule has 9 nitrogen and oxygen atoms in total. The van der Waals surface area contributed by atoms with Gasteiger partial charge in [0.1, 0.15) is 17.8 Å². The molecule has 0 saturated heterocycles. The number of carbonyl (C=O) groups excluding carboxylic acids is 1. The zero-order valence-corrected chi connectivity index (χ0v) is 17.5. The van der Waals surface area contributed by atoms with Crippen molar-refractivity contribution >= 4 is 28.6 Å². The van der Waals surface area contributed by atoms with E-state index in [9.17, 15) is 9.59 Å². The van der Waals surface area contributed by atoms with Gasteiger partial charge in [-0.25, -0.2) is 14.8 Å². The minimum absolute atomic E-state index is 0.0618. The van der Waals surface area contributed by atoms with Gasteiger partial charge >= 0.3 is 5.97 Å². The number of nitrogens with zero attached hydrogens (tertiary/aromatic N) is 3. The smallest absolute Gasteiger partial charge is 0.371 e. The molecule has 9 heteroatoms. The molecule has 0 spiro atoms. The van der Waals surface area contributed by atoms with E-state index in [-0.39, 0.29) is 17.6 Å². The van der Waals surface area contributed by atoms with Crippen LogP contribution in [0, 0.1) is 0 Å². The Morgan fingerprint density at radius 1 is 1.12 bits per heavy atom. The van der Waals surface area contributed by atoms with Crippen LogP contribution in [0.15, 0.2) is 59.4 Å². The Hall–Kier alpha value is -4.27. The highest BCUT2D eigenvalue weighted by atomic mass is 16.4. The number of benzene rings is 1. The van der Waals surface area contributed by atoms with Crippen molar-refractivity contribution in [3.05, 3.63) is 71.9 Å². The van der Waals surface area contributed by atoms with E-state index in [1.54, 1.807) is 31.4 Å². The molecule has 1 atom stereocenters. The van der Waals surface area contributed by atoms with E-state index < -0.39 is 5.97 Å². The molecule has 162 valence electrons. The van der Waals surface area contributed by atoms with Crippen LogP contribution >= 0.6 is 0 Å². The van der Waals surface area contributed by atoms with E-state index in [1.165, 1.54) is 12.4 Å². The number of pyridine rings is 1.